The molecule has 2 aromatic rings. The second kappa shape index (κ2) is 8.56. The SMILES string of the molecule is Cc1nccn1CCCN(C)C(=O)C(N)c1ccccc1.Cl. The summed E-state index contributed by atoms with van der Waals surface area (Å²) < 4.78 is 2.08. The van der Waals surface area contributed by atoms with E-state index in [0.29, 0.717) is 6.54 Å². The maximum absolute atomic E-state index is 12.3. The molecule has 0 radical (unpaired) electrons. The molecular weight excluding hydrogens is 300 g/mol. The summed E-state index contributed by atoms with van der Waals surface area (Å²) in [6.45, 7) is 3.50. The Hall–Kier alpha value is -1.85. The van der Waals surface area contributed by atoms with Gasteiger partial charge in [-0.25, -0.2) is 4.98 Å². The molecule has 0 aliphatic rings. The summed E-state index contributed by atoms with van der Waals surface area (Å²) in [5.74, 6) is 0.938. The molecule has 2 N–H and O–H groups in total. The molecule has 1 aromatic carbocycles. The number of carbonyl (C=O) groups excluding carboxylic acids is 1. The van der Waals surface area contributed by atoms with Crippen LogP contribution in [0.2, 0.25) is 0 Å². The van der Waals surface area contributed by atoms with Crippen molar-refractivity contribution in [2.24, 2.45) is 5.73 Å². The summed E-state index contributed by atoms with van der Waals surface area (Å²) in [6.07, 6.45) is 4.61. The van der Waals surface area contributed by atoms with Crippen LogP contribution in [-0.2, 0) is 11.3 Å². The Morgan fingerprint density at radius 3 is 2.64 bits per heavy atom. The zero-order chi connectivity index (χ0) is 15.2. The van der Waals surface area contributed by atoms with E-state index in [4.69, 9.17) is 5.73 Å². The number of hydrogen-bond acceptors (Lipinski definition) is 3. The number of halogens is 1. The van der Waals surface area contributed by atoms with Crippen molar-refractivity contribution in [1.29, 1.82) is 0 Å². The number of imidazole rings is 1. The van der Waals surface area contributed by atoms with Crippen molar-refractivity contribution in [3.63, 3.8) is 0 Å². The molecule has 120 valence electrons. The van der Waals surface area contributed by atoms with Crippen LogP contribution >= 0.6 is 12.4 Å². The first-order chi connectivity index (χ1) is 10.1. The van der Waals surface area contributed by atoms with Crippen LogP contribution in [-0.4, -0.2) is 34.0 Å². The molecule has 0 saturated carbocycles. The molecule has 0 aliphatic heterocycles. The van der Waals surface area contributed by atoms with Crippen LogP contribution in [0.15, 0.2) is 42.7 Å². The van der Waals surface area contributed by atoms with E-state index in [1.807, 2.05) is 43.5 Å². The number of aryl methyl sites for hydroxylation is 2. The number of nitrogens with zero attached hydrogens (tertiary/aromatic N) is 3. The fourth-order valence-corrected chi connectivity index (χ4v) is 2.27. The van der Waals surface area contributed by atoms with Crippen molar-refractivity contribution in [1.82, 2.24) is 14.5 Å². The summed E-state index contributed by atoms with van der Waals surface area (Å²) in [5.41, 5.74) is 6.87. The predicted molar refractivity (Wildman–Crippen MR) is 89.8 cm³/mol. The normalized spacial score (nSPS) is 11.6. The van der Waals surface area contributed by atoms with E-state index in [2.05, 4.69) is 9.55 Å². The van der Waals surface area contributed by atoms with Gasteiger partial charge in [-0.1, -0.05) is 30.3 Å². The Morgan fingerprint density at radius 1 is 1.36 bits per heavy atom. The molecule has 1 amide bonds. The van der Waals surface area contributed by atoms with Crippen LogP contribution in [0.4, 0.5) is 0 Å². The minimum absolute atomic E-state index is 0. The van der Waals surface area contributed by atoms with Gasteiger partial charge in [0, 0.05) is 32.5 Å². The minimum Gasteiger partial charge on any atom is -0.344 e. The second-order valence-electron chi connectivity index (χ2n) is 5.17. The lowest BCUT2D eigenvalue weighted by molar-refractivity contribution is -0.131. The highest BCUT2D eigenvalue weighted by molar-refractivity contribution is 5.85. The molecule has 1 aromatic heterocycles. The van der Waals surface area contributed by atoms with Gasteiger partial charge in [0.25, 0.3) is 0 Å². The number of likely N-dealkylation sites (N-methyl/N-ethyl adjacent to an activating group) is 1. The molecule has 22 heavy (non-hydrogen) atoms. The van der Waals surface area contributed by atoms with Gasteiger partial charge in [0.2, 0.25) is 5.91 Å². The fourth-order valence-electron chi connectivity index (χ4n) is 2.27. The van der Waals surface area contributed by atoms with Crippen LogP contribution in [0, 0.1) is 6.92 Å². The molecule has 1 atom stereocenters. The molecule has 0 aliphatic carbocycles. The molecule has 1 heterocycles. The van der Waals surface area contributed by atoms with Gasteiger partial charge < -0.3 is 15.2 Å². The molecule has 0 fully saturated rings. The van der Waals surface area contributed by atoms with E-state index in [1.54, 1.807) is 18.1 Å². The first-order valence-electron chi connectivity index (χ1n) is 7.13. The third kappa shape index (κ3) is 4.58. The largest absolute Gasteiger partial charge is 0.344 e. The van der Waals surface area contributed by atoms with Crippen LogP contribution in [0.25, 0.3) is 0 Å². The quantitative estimate of drug-likeness (QED) is 0.886. The van der Waals surface area contributed by atoms with Crippen molar-refractivity contribution in [3.05, 3.63) is 54.1 Å². The average Bonchev–Trinajstić information content (AvgIpc) is 2.92. The summed E-state index contributed by atoms with van der Waals surface area (Å²) >= 11 is 0. The van der Waals surface area contributed by atoms with Crippen LogP contribution in [0.3, 0.4) is 0 Å². The van der Waals surface area contributed by atoms with Gasteiger partial charge >= 0.3 is 0 Å². The van der Waals surface area contributed by atoms with Crippen LogP contribution in [0.5, 0.6) is 0 Å². The lowest BCUT2D eigenvalue weighted by Gasteiger charge is -2.21. The average molecular weight is 323 g/mol. The number of amides is 1. The van der Waals surface area contributed by atoms with E-state index >= 15 is 0 Å². The van der Waals surface area contributed by atoms with E-state index in [-0.39, 0.29) is 18.3 Å². The molecule has 2 rings (SSSR count). The number of nitrogens with two attached hydrogens (primary N) is 1. The third-order valence-electron chi connectivity index (χ3n) is 3.62. The topological polar surface area (TPSA) is 64.2 Å². The molecule has 5 nitrogen and oxygen atoms in total. The third-order valence-corrected chi connectivity index (χ3v) is 3.62. The highest BCUT2D eigenvalue weighted by atomic mass is 35.5. The van der Waals surface area contributed by atoms with Gasteiger partial charge in [0.15, 0.2) is 0 Å². The number of aromatic nitrogens is 2. The smallest absolute Gasteiger partial charge is 0.243 e. The lowest BCUT2D eigenvalue weighted by Crippen LogP contribution is -2.36. The van der Waals surface area contributed by atoms with Gasteiger partial charge in [-0.2, -0.15) is 0 Å². The Morgan fingerprint density at radius 2 is 2.05 bits per heavy atom. The minimum atomic E-state index is -0.591. The Bertz CT molecular complexity index is 585. The van der Waals surface area contributed by atoms with Gasteiger partial charge in [0.1, 0.15) is 11.9 Å². The van der Waals surface area contributed by atoms with Gasteiger partial charge in [-0.05, 0) is 18.9 Å². The number of rotatable bonds is 6. The highest BCUT2D eigenvalue weighted by Crippen LogP contribution is 2.12. The molecule has 0 bridgehead atoms. The molecule has 0 saturated heterocycles. The molecule has 1 unspecified atom stereocenters. The number of carbonyl (C=O) groups is 1. The first-order valence-corrected chi connectivity index (χ1v) is 7.13. The van der Waals surface area contributed by atoms with Crippen molar-refractivity contribution in [2.75, 3.05) is 13.6 Å². The van der Waals surface area contributed by atoms with Crippen LogP contribution in [0.1, 0.15) is 23.9 Å². The summed E-state index contributed by atoms with van der Waals surface area (Å²) in [4.78, 5) is 18.2. The summed E-state index contributed by atoms with van der Waals surface area (Å²) in [7, 11) is 1.80. The van der Waals surface area contributed by atoms with E-state index in [9.17, 15) is 4.79 Å². The van der Waals surface area contributed by atoms with Crippen molar-refractivity contribution < 1.29 is 4.79 Å². The molecule has 6 heteroatoms. The number of hydrogen-bond donors (Lipinski definition) is 1. The predicted octanol–water partition coefficient (Wildman–Crippen LogP) is 2.16. The zero-order valence-corrected chi connectivity index (χ0v) is 13.8. The van der Waals surface area contributed by atoms with Gasteiger partial charge in [0.05, 0.1) is 0 Å². The Kier molecular flexibility index (Phi) is 7.08. The van der Waals surface area contributed by atoms with Crippen molar-refractivity contribution >= 4 is 18.3 Å². The number of benzene rings is 1. The lowest BCUT2D eigenvalue weighted by atomic mass is 10.1. The van der Waals surface area contributed by atoms with Gasteiger partial charge in [-0.3, -0.25) is 4.79 Å². The summed E-state index contributed by atoms with van der Waals surface area (Å²) in [6, 6.07) is 8.87. The fraction of sp³-hybridized carbons (Fsp3) is 0.375. The first kappa shape index (κ1) is 18.2. The highest BCUT2D eigenvalue weighted by Gasteiger charge is 2.19. The van der Waals surface area contributed by atoms with E-state index in [1.165, 1.54) is 0 Å². The second-order valence-corrected chi connectivity index (χ2v) is 5.17. The molecule has 0 spiro atoms. The van der Waals surface area contributed by atoms with Crippen molar-refractivity contribution in [2.45, 2.75) is 25.9 Å². The monoisotopic (exact) mass is 322 g/mol. The summed E-state index contributed by atoms with van der Waals surface area (Å²) in [5, 5.41) is 0. The van der Waals surface area contributed by atoms with Crippen LogP contribution < -0.4 is 5.73 Å². The standard InChI is InChI=1S/C16H22N4O.ClH/c1-13-18-9-12-20(13)11-6-10-19(2)16(21)15(17)14-7-4-3-5-8-14;/h3-5,7-9,12,15H,6,10-11,17H2,1-2H3;1H. The maximum Gasteiger partial charge on any atom is 0.243 e. The van der Waals surface area contributed by atoms with E-state index in [0.717, 1.165) is 24.4 Å². The maximum atomic E-state index is 12.3. The zero-order valence-electron chi connectivity index (χ0n) is 13.0. The Labute approximate surface area is 137 Å². The van der Waals surface area contributed by atoms with E-state index < -0.39 is 6.04 Å². The van der Waals surface area contributed by atoms with Gasteiger partial charge in [-0.15, -0.1) is 12.4 Å². The Balaban J connectivity index is 0.00000242. The van der Waals surface area contributed by atoms with Crippen molar-refractivity contribution in [3.8, 4) is 0 Å². The molecular formula is C16H23ClN4O.